The van der Waals surface area contributed by atoms with E-state index >= 15 is 0 Å². The predicted octanol–water partition coefficient (Wildman–Crippen LogP) is 7.46. The van der Waals surface area contributed by atoms with Gasteiger partial charge in [0.15, 0.2) is 0 Å². The molecule has 3 aromatic rings. The second-order valence-corrected chi connectivity index (χ2v) is 13.6. The molecular weight excluding hydrogens is 428 g/mol. The lowest BCUT2D eigenvalue weighted by Gasteiger charge is -2.31. The van der Waals surface area contributed by atoms with Gasteiger partial charge in [-0.3, -0.25) is 4.98 Å². The predicted molar refractivity (Wildman–Crippen MR) is 142 cm³/mol. The van der Waals surface area contributed by atoms with E-state index in [9.17, 15) is 5.11 Å². The van der Waals surface area contributed by atoms with Crippen LogP contribution >= 0.6 is 0 Å². The molecule has 3 heteroatoms. The number of nitrogens with zero attached hydrogens (tertiary/aromatic N) is 2. The molecule has 3 nitrogen and oxygen atoms in total. The third-order valence-corrected chi connectivity index (χ3v) is 11.8. The van der Waals surface area contributed by atoms with Crippen molar-refractivity contribution >= 4 is 21.8 Å². The van der Waals surface area contributed by atoms with Crippen molar-refractivity contribution in [1.29, 1.82) is 0 Å². The Balaban J connectivity index is 1.31. The molecule has 7 rings (SSSR count). The normalized spacial score (nSPS) is 41.7. The second-order valence-electron chi connectivity index (χ2n) is 13.6. The van der Waals surface area contributed by atoms with Gasteiger partial charge in [-0.25, -0.2) is 4.98 Å². The number of pyridine rings is 2. The van der Waals surface area contributed by atoms with Crippen molar-refractivity contribution in [2.45, 2.75) is 78.7 Å². The van der Waals surface area contributed by atoms with Crippen LogP contribution in [0.1, 0.15) is 84.5 Å². The Bertz CT molecular complexity index is 1360. The molecule has 1 aromatic carbocycles. The summed E-state index contributed by atoms with van der Waals surface area (Å²) in [5.74, 6) is 4.30. The lowest BCUT2D eigenvalue weighted by atomic mass is 9.81. The number of aliphatic hydroxyl groups is 1. The van der Waals surface area contributed by atoms with E-state index in [4.69, 9.17) is 9.97 Å². The lowest BCUT2D eigenvalue weighted by molar-refractivity contribution is -0.0217. The van der Waals surface area contributed by atoms with Gasteiger partial charge in [-0.05, 0) is 84.2 Å². The zero-order chi connectivity index (χ0) is 24.5. The molecule has 0 amide bonds. The minimum absolute atomic E-state index is 0.242. The maximum absolute atomic E-state index is 12.0. The molecule has 0 radical (unpaired) electrons. The van der Waals surface area contributed by atoms with Gasteiger partial charge in [0.05, 0.1) is 16.7 Å². The number of aromatic nitrogens is 2. The average molecular weight is 469 g/mol. The van der Waals surface area contributed by atoms with Gasteiger partial charge in [-0.15, -0.1) is 0 Å². The van der Waals surface area contributed by atoms with Crippen LogP contribution in [0.4, 0.5) is 0 Å². The van der Waals surface area contributed by atoms with Crippen LogP contribution < -0.4 is 0 Å². The molecule has 0 bridgehead atoms. The monoisotopic (exact) mass is 468 g/mol. The first kappa shape index (κ1) is 22.2. The minimum atomic E-state index is -0.841. The van der Waals surface area contributed by atoms with E-state index in [1.54, 1.807) is 0 Å². The third-order valence-electron chi connectivity index (χ3n) is 11.8. The van der Waals surface area contributed by atoms with E-state index in [-0.39, 0.29) is 5.92 Å². The highest BCUT2D eigenvalue weighted by atomic mass is 16.3. The van der Waals surface area contributed by atoms with Gasteiger partial charge < -0.3 is 5.11 Å². The zero-order valence-electron chi connectivity index (χ0n) is 22.2. The van der Waals surface area contributed by atoms with Crippen molar-refractivity contribution < 1.29 is 5.11 Å². The summed E-state index contributed by atoms with van der Waals surface area (Å²) in [6.45, 7) is 14.1. The Morgan fingerprint density at radius 3 is 2.00 bits per heavy atom. The molecule has 0 aliphatic heterocycles. The highest BCUT2D eigenvalue weighted by Crippen LogP contribution is 2.74. The van der Waals surface area contributed by atoms with Gasteiger partial charge in [-0.2, -0.15) is 0 Å². The first-order valence-electron chi connectivity index (χ1n) is 14.0. The fraction of sp³-hybridized carbons (Fsp3) is 0.625. The number of fused-ring (bicyclic) bond motifs is 5. The molecule has 4 aliphatic carbocycles. The molecule has 0 spiro atoms. The highest BCUT2D eigenvalue weighted by Gasteiger charge is 2.70. The third kappa shape index (κ3) is 2.77. The van der Waals surface area contributed by atoms with Crippen molar-refractivity contribution in [1.82, 2.24) is 9.97 Å². The smallest absolute Gasteiger partial charge is 0.110 e. The zero-order valence-corrected chi connectivity index (χ0v) is 22.2. The quantitative estimate of drug-likeness (QED) is 0.404. The summed E-state index contributed by atoms with van der Waals surface area (Å²) in [7, 11) is 0. The molecule has 35 heavy (non-hydrogen) atoms. The fourth-order valence-corrected chi connectivity index (χ4v) is 9.09. The average Bonchev–Trinajstić information content (AvgIpc) is 3.72. The number of hydrogen-bond acceptors (Lipinski definition) is 3. The van der Waals surface area contributed by atoms with Crippen LogP contribution in [-0.2, 0) is 5.60 Å². The Kier molecular flexibility index (Phi) is 4.35. The summed E-state index contributed by atoms with van der Waals surface area (Å²) in [5.41, 5.74) is 4.04. The molecule has 4 aliphatic rings. The Labute approximate surface area is 209 Å². The van der Waals surface area contributed by atoms with E-state index in [0.29, 0.717) is 34.5 Å². The molecule has 0 saturated heterocycles. The van der Waals surface area contributed by atoms with Crippen molar-refractivity contribution in [3.63, 3.8) is 0 Å². The molecule has 2 heterocycles. The largest absolute Gasteiger partial charge is 0.383 e. The van der Waals surface area contributed by atoms with Crippen LogP contribution in [0, 0.1) is 46.3 Å². The molecule has 184 valence electrons. The van der Waals surface area contributed by atoms with Gasteiger partial charge in [0.1, 0.15) is 5.60 Å². The summed E-state index contributed by atoms with van der Waals surface area (Å²) >= 11 is 0. The summed E-state index contributed by atoms with van der Waals surface area (Å²) in [5, 5.41) is 14.2. The van der Waals surface area contributed by atoms with Gasteiger partial charge in [0.2, 0.25) is 0 Å². The highest BCUT2D eigenvalue weighted by molar-refractivity contribution is 6.02. The minimum Gasteiger partial charge on any atom is -0.383 e. The first-order chi connectivity index (χ1) is 16.6. The van der Waals surface area contributed by atoms with Crippen molar-refractivity contribution in [2.24, 2.45) is 46.3 Å². The standard InChI is InChI=1S/C32H40N2O/c1-17(2)30-13-23(19(5)24(30)14-30)26-11-9-21-7-8-22-10-12-27(34-29(22)28(21)33-26)32(35)16-31(18(3)4)15-25(31)20(32)6/h7-12,17-20,23-25,35H,13-16H2,1-6H3/t19-,20+,23?,24?,25?,30-,31+,32?/m1/s1. The van der Waals surface area contributed by atoms with Crippen LogP contribution in [0.2, 0.25) is 0 Å². The number of rotatable bonds is 4. The number of benzene rings is 1. The van der Waals surface area contributed by atoms with Gasteiger partial charge in [-0.1, -0.05) is 65.8 Å². The van der Waals surface area contributed by atoms with E-state index in [1.165, 1.54) is 25.0 Å². The summed E-state index contributed by atoms with van der Waals surface area (Å²) in [4.78, 5) is 10.5. The lowest BCUT2D eigenvalue weighted by Crippen LogP contribution is -2.33. The molecule has 4 saturated carbocycles. The van der Waals surface area contributed by atoms with Gasteiger partial charge in [0.25, 0.3) is 0 Å². The van der Waals surface area contributed by atoms with Crippen LogP contribution in [-0.4, -0.2) is 15.1 Å². The molecule has 8 atom stereocenters. The van der Waals surface area contributed by atoms with Crippen molar-refractivity contribution in [3.8, 4) is 0 Å². The van der Waals surface area contributed by atoms with E-state index in [1.807, 2.05) is 0 Å². The molecule has 4 unspecified atom stereocenters. The molecular formula is C32H40N2O. The van der Waals surface area contributed by atoms with Crippen molar-refractivity contribution in [3.05, 3.63) is 47.8 Å². The van der Waals surface area contributed by atoms with Crippen LogP contribution in [0.15, 0.2) is 36.4 Å². The maximum Gasteiger partial charge on any atom is 0.110 e. The van der Waals surface area contributed by atoms with E-state index < -0.39 is 5.60 Å². The molecule has 2 aromatic heterocycles. The van der Waals surface area contributed by atoms with Gasteiger partial charge in [0, 0.05) is 22.4 Å². The molecule has 1 N–H and O–H groups in total. The van der Waals surface area contributed by atoms with Crippen LogP contribution in [0.5, 0.6) is 0 Å². The second kappa shape index (κ2) is 6.85. The first-order valence-corrected chi connectivity index (χ1v) is 14.0. The topological polar surface area (TPSA) is 46.0 Å². The maximum atomic E-state index is 12.0. The van der Waals surface area contributed by atoms with E-state index in [2.05, 4.69) is 77.9 Å². The number of hydrogen-bond donors (Lipinski definition) is 1. The Hall–Kier alpha value is -2.00. The SMILES string of the molecule is CC(C)[C@]12CC(c3ccc4ccc5ccc(C6(O)C[C@]7(C(C)C)CC7[C@@H]6C)nc5c4n3)[C@@H](C)C1C2. The van der Waals surface area contributed by atoms with E-state index in [0.717, 1.165) is 45.8 Å². The van der Waals surface area contributed by atoms with Crippen LogP contribution in [0.25, 0.3) is 21.8 Å². The Morgan fingerprint density at radius 2 is 1.37 bits per heavy atom. The molecule has 4 fully saturated rings. The van der Waals surface area contributed by atoms with Gasteiger partial charge >= 0.3 is 0 Å². The van der Waals surface area contributed by atoms with Crippen molar-refractivity contribution in [2.75, 3.05) is 0 Å². The summed E-state index contributed by atoms with van der Waals surface area (Å²) in [6.07, 6.45) is 4.77. The summed E-state index contributed by atoms with van der Waals surface area (Å²) < 4.78 is 0. The van der Waals surface area contributed by atoms with Crippen LogP contribution in [0.3, 0.4) is 0 Å². The summed E-state index contributed by atoms with van der Waals surface area (Å²) in [6, 6.07) is 13.1. The Morgan fingerprint density at radius 1 is 0.771 bits per heavy atom. The fourth-order valence-electron chi connectivity index (χ4n) is 9.09.